The maximum absolute atomic E-state index is 2.50. The molecule has 14 rings (SSSR count). The fraction of sp³-hybridized carbons (Fsp3) is 0.0462. The summed E-state index contributed by atoms with van der Waals surface area (Å²) >= 11 is 0. The molecular weight excluding hydrogens is 809 g/mol. The summed E-state index contributed by atoms with van der Waals surface area (Å²) in [4.78, 5) is 0. The Morgan fingerprint density at radius 1 is 0.284 bits per heavy atom. The van der Waals surface area contributed by atoms with Gasteiger partial charge >= 0.3 is 0 Å². The Balaban J connectivity index is 1.10. The minimum absolute atomic E-state index is 0.470. The van der Waals surface area contributed by atoms with E-state index in [1.54, 1.807) is 0 Å². The second-order valence-corrected chi connectivity index (χ2v) is 18.4. The molecule has 2 aromatic heterocycles. The zero-order valence-electron chi connectivity index (χ0n) is 37.3. The van der Waals surface area contributed by atoms with Crippen LogP contribution in [0.15, 0.2) is 231 Å². The molecule has 0 radical (unpaired) electrons. The van der Waals surface area contributed by atoms with E-state index in [0.717, 1.165) is 0 Å². The summed E-state index contributed by atoms with van der Waals surface area (Å²) in [6.07, 6.45) is 0. The summed E-state index contributed by atoms with van der Waals surface area (Å²) in [5.41, 5.74) is 19.6. The van der Waals surface area contributed by atoms with Crippen LogP contribution in [0.2, 0.25) is 0 Å². The highest BCUT2D eigenvalue weighted by molar-refractivity contribution is 6.23. The molecule has 2 heterocycles. The largest absolute Gasteiger partial charge is 0.343 e. The summed E-state index contributed by atoms with van der Waals surface area (Å²) in [5.74, 6) is 0. The van der Waals surface area contributed by atoms with Gasteiger partial charge in [-0.15, -0.1) is 0 Å². The first-order valence-corrected chi connectivity index (χ1v) is 23.4. The molecule has 0 amide bonds. The van der Waals surface area contributed by atoms with Crippen LogP contribution in [0.1, 0.15) is 22.3 Å². The van der Waals surface area contributed by atoms with Crippen molar-refractivity contribution in [2.24, 2.45) is 14.1 Å². The number of nitrogens with zero attached hydrogens (tertiary/aromatic N) is 2. The number of hydrogen-bond acceptors (Lipinski definition) is 0. The van der Waals surface area contributed by atoms with Gasteiger partial charge in [-0.1, -0.05) is 206 Å². The molecule has 0 N–H and O–H groups in total. The van der Waals surface area contributed by atoms with Gasteiger partial charge in [0.05, 0.1) is 16.4 Å². The van der Waals surface area contributed by atoms with Crippen LogP contribution in [0.25, 0.3) is 110 Å². The van der Waals surface area contributed by atoms with Gasteiger partial charge in [0, 0.05) is 57.8 Å². The Morgan fingerprint density at radius 2 is 0.701 bits per heavy atom. The molecule has 0 aliphatic heterocycles. The van der Waals surface area contributed by atoms with Crippen LogP contribution in [0.3, 0.4) is 0 Å². The quantitative estimate of drug-likeness (QED) is 0.153. The van der Waals surface area contributed by atoms with E-state index in [4.69, 9.17) is 0 Å². The third-order valence-electron chi connectivity index (χ3n) is 15.2. The number of hydrogen-bond donors (Lipinski definition) is 0. The molecule has 0 atom stereocenters. The SMILES string of the molecule is Cn1c2ccccc2c2cccc(-c3cccc4c(-c5ccc6c(c5)-c5ccccc5C6(c5ccccc5)c5ccccc5)c5cccc(-c6cccc7c8ccccc8n(C)c67)c5cc34)c21. The van der Waals surface area contributed by atoms with Crippen LogP contribution in [-0.2, 0) is 19.5 Å². The molecule has 0 saturated heterocycles. The molecule has 314 valence electrons. The maximum Gasteiger partial charge on any atom is 0.0713 e. The second-order valence-electron chi connectivity index (χ2n) is 18.4. The Hall–Kier alpha value is -8.46. The summed E-state index contributed by atoms with van der Waals surface area (Å²) in [6, 6.07) is 86.4. The lowest BCUT2D eigenvalue weighted by molar-refractivity contribution is 0.768. The monoisotopic (exact) mass is 852 g/mol. The predicted octanol–water partition coefficient (Wildman–Crippen LogP) is 16.6. The van der Waals surface area contributed by atoms with Crippen molar-refractivity contribution in [2.75, 3.05) is 0 Å². The van der Waals surface area contributed by atoms with Crippen LogP contribution < -0.4 is 0 Å². The first-order valence-electron chi connectivity index (χ1n) is 23.4. The molecule has 0 bridgehead atoms. The van der Waals surface area contributed by atoms with Crippen molar-refractivity contribution in [1.29, 1.82) is 0 Å². The van der Waals surface area contributed by atoms with E-state index >= 15 is 0 Å². The van der Waals surface area contributed by atoms with Gasteiger partial charge in [0.15, 0.2) is 0 Å². The number of benzene rings is 11. The van der Waals surface area contributed by atoms with Gasteiger partial charge < -0.3 is 9.13 Å². The van der Waals surface area contributed by atoms with E-state index < -0.39 is 5.41 Å². The van der Waals surface area contributed by atoms with Gasteiger partial charge in [-0.3, -0.25) is 0 Å². The van der Waals surface area contributed by atoms with Gasteiger partial charge in [0.25, 0.3) is 0 Å². The van der Waals surface area contributed by atoms with Gasteiger partial charge in [-0.2, -0.15) is 0 Å². The number of aromatic nitrogens is 2. The predicted molar refractivity (Wildman–Crippen MR) is 283 cm³/mol. The van der Waals surface area contributed by atoms with Crippen molar-refractivity contribution in [2.45, 2.75) is 5.41 Å². The molecule has 1 aliphatic carbocycles. The molecular formula is C65H44N2. The summed E-state index contributed by atoms with van der Waals surface area (Å²) in [7, 11) is 4.44. The van der Waals surface area contributed by atoms with Crippen molar-refractivity contribution in [3.8, 4) is 44.5 Å². The number of aryl methyl sites for hydroxylation is 2. The van der Waals surface area contributed by atoms with E-state index in [-0.39, 0.29) is 0 Å². The number of fused-ring (bicyclic) bond motifs is 11. The van der Waals surface area contributed by atoms with Crippen molar-refractivity contribution in [1.82, 2.24) is 9.13 Å². The summed E-state index contributed by atoms with van der Waals surface area (Å²) in [5, 5.41) is 10.1. The Labute approximate surface area is 389 Å². The molecule has 11 aromatic carbocycles. The van der Waals surface area contributed by atoms with Crippen LogP contribution >= 0.6 is 0 Å². The first-order chi connectivity index (χ1) is 33.1. The van der Waals surface area contributed by atoms with Gasteiger partial charge in [0.2, 0.25) is 0 Å². The van der Waals surface area contributed by atoms with E-state index in [0.29, 0.717) is 0 Å². The first kappa shape index (κ1) is 37.9. The number of para-hydroxylation sites is 4. The van der Waals surface area contributed by atoms with Gasteiger partial charge in [-0.05, 0) is 101 Å². The molecule has 2 nitrogen and oxygen atoms in total. The molecule has 67 heavy (non-hydrogen) atoms. The fourth-order valence-electron chi connectivity index (χ4n) is 12.5. The molecule has 2 heteroatoms. The molecule has 0 saturated carbocycles. The zero-order chi connectivity index (χ0) is 44.4. The molecule has 0 spiro atoms. The highest BCUT2D eigenvalue weighted by Gasteiger charge is 2.46. The Morgan fingerprint density at radius 3 is 1.25 bits per heavy atom. The maximum atomic E-state index is 2.50. The van der Waals surface area contributed by atoms with Crippen molar-refractivity contribution < 1.29 is 0 Å². The Bertz CT molecular complexity index is 3950. The lowest BCUT2D eigenvalue weighted by atomic mass is 9.67. The van der Waals surface area contributed by atoms with Gasteiger partial charge in [0.1, 0.15) is 0 Å². The standard InChI is InChI=1S/C65H44N2/c1-66-60-35-13-10-24-47(60)53-32-17-30-51(63(53)66)44-26-15-28-49-55(44)40-56-45(52-31-18-33-54-48-25-11-14-36-61(48)67(2)64(52)54)27-16-29-50(56)62(49)41-37-38-59-57(39-41)46-23-9-12-34-58(46)65(59,42-19-5-3-6-20-42)43-21-7-4-8-22-43/h3-40H,1-2H3. The van der Waals surface area contributed by atoms with E-state index in [1.807, 2.05) is 0 Å². The topological polar surface area (TPSA) is 9.86 Å². The average Bonchev–Trinajstić information content (AvgIpc) is 3.98. The van der Waals surface area contributed by atoms with E-state index in [1.165, 1.54) is 132 Å². The molecule has 1 aliphatic rings. The third kappa shape index (κ3) is 5.16. The molecule has 0 fully saturated rings. The van der Waals surface area contributed by atoms with Crippen molar-refractivity contribution in [3.63, 3.8) is 0 Å². The van der Waals surface area contributed by atoms with Crippen LogP contribution in [0.5, 0.6) is 0 Å². The van der Waals surface area contributed by atoms with Crippen molar-refractivity contribution >= 4 is 65.2 Å². The minimum atomic E-state index is -0.470. The van der Waals surface area contributed by atoms with E-state index in [9.17, 15) is 0 Å². The fourth-order valence-corrected chi connectivity index (χ4v) is 12.5. The minimum Gasteiger partial charge on any atom is -0.343 e. The average molecular weight is 853 g/mol. The second kappa shape index (κ2) is 14.3. The normalized spacial score (nSPS) is 13.0. The summed E-state index contributed by atoms with van der Waals surface area (Å²) in [6.45, 7) is 0. The highest BCUT2D eigenvalue weighted by atomic mass is 14.9. The third-order valence-corrected chi connectivity index (χ3v) is 15.2. The van der Waals surface area contributed by atoms with Crippen LogP contribution in [0, 0.1) is 0 Å². The lowest BCUT2D eigenvalue weighted by Gasteiger charge is -2.33. The van der Waals surface area contributed by atoms with Crippen LogP contribution in [-0.4, -0.2) is 9.13 Å². The Kier molecular flexibility index (Phi) is 8.06. The van der Waals surface area contributed by atoms with Crippen molar-refractivity contribution in [3.05, 3.63) is 253 Å². The van der Waals surface area contributed by atoms with E-state index in [2.05, 4.69) is 254 Å². The smallest absolute Gasteiger partial charge is 0.0713 e. The van der Waals surface area contributed by atoms with Gasteiger partial charge in [-0.25, -0.2) is 0 Å². The summed E-state index contributed by atoms with van der Waals surface area (Å²) < 4.78 is 4.77. The number of rotatable bonds is 5. The van der Waals surface area contributed by atoms with Crippen LogP contribution in [0.4, 0.5) is 0 Å². The molecule has 13 aromatic rings. The highest BCUT2D eigenvalue weighted by Crippen LogP contribution is 2.57. The lowest BCUT2D eigenvalue weighted by Crippen LogP contribution is -2.28. The zero-order valence-corrected chi connectivity index (χ0v) is 37.3. The molecule has 0 unspecified atom stereocenters.